The molecule has 0 saturated carbocycles. The Kier molecular flexibility index (Phi) is 4.62. The molecule has 7 heteroatoms. The number of nitrogen functional groups attached to an aromatic ring is 1. The minimum absolute atomic E-state index is 0.310. The highest BCUT2D eigenvalue weighted by atomic mass is 79.9. The number of hydrogen-bond donors (Lipinski definition) is 2. The van der Waals surface area contributed by atoms with Gasteiger partial charge in [0.25, 0.3) is 5.91 Å². The monoisotopic (exact) mass is 375 g/mol. The normalized spacial score (nSPS) is 10.6. The molecule has 0 aliphatic heterocycles. The SMILES string of the molecule is CCn1cc(N)cc1C(=O)Nc1c(Cl)cc(Br)cc1Cl. The summed E-state index contributed by atoms with van der Waals surface area (Å²) in [5, 5.41) is 3.43. The van der Waals surface area contributed by atoms with Crippen molar-refractivity contribution >= 4 is 56.4 Å². The fraction of sp³-hybridized carbons (Fsp3) is 0.154. The van der Waals surface area contributed by atoms with Gasteiger partial charge in [0.05, 0.1) is 21.4 Å². The van der Waals surface area contributed by atoms with Crippen LogP contribution in [0.4, 0.5) is 11.4 Å². The van der Waals surface area contributed by atoms with Crippen LogP contribution >= 0.6 is 39.1 Å². The summed E-state index contributed by atoms with van der Waals surface area (Å²) in [5.41, 5.74) is 7.08. The number of benzene rings is 1. The second-order valence-corrected chi connectivity index (χ2v) is 5.87. The van der Waals surface area contributed by atoms with E-state index < -0.39 is 0 Å². The molecule has 0 aliphatic carbocycles. The first kappa shape index (κ1) is 15.2. The number of anilines is 2. The minimum Gasteiger partial charge on any atom is -0.397 e. The quantitative estimate of drug-likeness (QED) is 0.833. The van der Waals surface area contributed by atoms with Gasteiger partial charge >= 0.3 is 0 Å². The van der Waals surface area contributed by atoms with E-state index in [1.54, 1.807) is 29.0 Å². The van der Waals surface area contributed by atoms with Crippen molar-refractivity contribution in [2.75, 3.05) is 11.1 Å². The third-order valence-corrected chi connectivity index (χ3v) is 3.79. The lowest BCUT2D eigenvalue weighted by Crippen LogP contribution is -2.16. The summed E-state index contributed by atoms with van der Waals surface area (Å²) in [6.07, 6.45) is 1.71. The van der Waals surface area contributed by atoms with Gasteiger partial charge in [-0.1, -0.05) is 39.1 Å². The average molecular weight is 377 g/mol. The summed E-state index contributed by atoms with van der Waals surface area (Å²) in [6.45, 7) is 2.57. The number of carbonyl (C=O) groups excluding carboxylic acids is 1. The Balaban J connectivity index is 2.32. The highest BCUT2D eigenvalue weighted by molar-refractivity contribution is 9.10. The van der Waals surface area contributed by atoms with Gasteiger partial charge in [-0.05, 0) is 25.1 Å². The van der Waals surface area contributed by atoms with Crippen molar-refractivity contribution in [1.82, 2.24) is 4.57 Å². The molecule has 2 rings (SSSR count). The van der Waals surface area contributed by atoms with Gasteiger partial charge in [0.1, 0.15) is 5.69 Å². The Bertz CT molecular complexity index is 647. The van der Waals surface area contributed by atoms with Crippen molar-refractivity contribution in [2.24, 2.45) is 0 Å². The largest absolute Gasteiger partial charge is 0.397 e. The van der Waals surface area contributed by atoms with E-state index in [1.165, 1.54) is 0 Å². The molecule has 1 heterocycles. The van der Waals surface area contributed by atoms with Gasteiger partial charge in [0, 0.05) is 17.2 Å². The van der Waals surface area contributed by atoms with Crippen molar-refractivity contribution in [3.63, 3.8) is 0 Å². The van der Waals surface area contributed by atoms with Gasteiger partial charge in [-0.3, -0.25) is 4.79 Å². The number of nitrogens with zero attached hydrogens (tertiary/aromatic N) is 1. The summed E-state index contributed by atoms with van der Waals surface area (Å²) in [4.78, 5) is 12.3. The average Bonchev–Trinajstić information content (AvgIpc) is 2.75. The smallest absolute Gasteiger partial charge is 0.272 e. The molecule has 20 heavy (non-hydrogen) atoms. The molecular formula is C13H12BrCl2N3O. The third kappa shape index (κ3) is 3.11. The predicted octanol–water partition coefficient (Wildman–Crippen LogP) is 4.41. The summed E-state index contributed by atoms with van der Waals surface area (Å²) in [7, 11) is 0. The van der Waals surface area contributed by atoms with Crippen LogP contribution < -0.4 is 11.1 Å². The van der Waals surface area contributed by atoms with E-state index in [0.29, 0.717) is 33.7 Å². The standard InChI is InChI=1S/C13H12BrCl2N3O/c1-2-19-6-8(17)5-11(19)13(20)18-12-9(15)3-7(14)4-10(12)16/h3-6H,2,17H2,1H3,(H,18,20). The lowest BCUT2D eigenvalue weighted by atomic mass is 10.3. The maximum Gasteiger partial charge on any atom is 0.272 e. The van der Waals surface area contributed by atoms with Crippen LogP contribution in [-0.2, 0) is 6.54 Å². The Morgan fingerprint density at radius 3 is 2.50 bits per heavy atom. The summed E-state index contributed by atoms with van der Waals surface area (Å²) < 4.78 is 2.50. The van der Waals surface area contributed by atoms with E-state index >= 15 is 0 Å². The first-order chi connectivity index (χ1) is 9.42. The van der Waals surface area contributed by atoms with Crippen molar-refractivity contribution in [3.05, 3.63) is 44.6 Å². The molecule has 0 atom stereocenters. The molecule has 1 aromatic carbocycles. The number of rotatable bonds is 3. The van der Waals surface area contributed by atoms with E-state index in [0.717, 1.165) is 4.47 Å². The Morgan fingerprint density at radius 2 is 1.95 bits per heavy atom. The summed E-state index contributed by atoms with van der Waals surface area (Å²) >= 11 is 15.5. The summed E-state index contributed by atoms with van der Waals surface area (Å²) in [6, 6.07) is 4.94. The number of nitrogens with one attached hydrogen (secondary N) is 1. The zero-order valence-corrected chi connectivity index (χ0v) is 13.7. The number of amides is 1. The first-order valence-electron chi connectivity index (χ1n) is 5.84. The molecule has 2 aromatic rings. The topological polar surface area (TPSA) is 60.0 Å². The van der Waals surface area contributed by atoms with Crippen molar-refractivity contribution in [3.8, 4) is 0 Å². The molecular weight excluding hydrogens is 365 g/mol. The molecule has 3 N–H and O–H groups in total. The molecule has 1 amide bonds. The molecule has 0 bridgehead atoms. The Morgan fingerprint density at radius 1 is 1.35 bits per heavy atom. The lowest BCUT2D eigenvalue weighted by molar-refractivity contribution is 0.101. The van der Waals surface area contributed by atoms with Gasteiger partial charge < -0.3 is 15.6 Å². The van der Waals surface area contributed by atoms with E-state index in [4.69, 9.17) is 28.9 Å². The summed E-state index contributed by atoms with van der Waals surface area (Å²) in [5.74, 6) is -0.310. The van der Waals surface area contributed by atoms with Crippen LogP contribution in [0.1, 0.15) is 17.4 Å². The van der Waals surface area contributed by atoms with E-state index in [1.807, 2.05) is 6.92 Å². The van der Waals surface area contributed by atoms with E-state index in [-0.39, 0.29) is 5.91 Å². The van der Waals surface area contributed by atoms with Crippen LogP contribution in [0.2, 0.25) is 10.0 Å². The fourth-order valence-electron chi connectivity index (χ4n) is 1.82. The van der Waals surface area contributed by atoms with Crippen molar-refractivity contribution in [2.45, 2.75) is 13.5 Å². The van der Waals surface area contributed by atoms with Crippen LogP contribution in [0.25, 0.3) is 0 Å². The van der Waals surface area contributed by atoms with Crippen LogP contribution in [0.15, 0.2) is 28.9 Å². The second kappa shape index (κ2) is 6.08. The molecule has 0 spiro atoms. The second-order valence-electron chi connectivity index (χ2n) is 4.14. The third-order valence-electron chi connectivity index (χ3n) is 2.74. The highest BCUT2D eigenvalue weighted by Gasteiger charge is 2.16. The number of nitrogens with two attached hydrogens (primary N) is 1. The van der Waals surface area contributed by atoms with E-state index in [9.17, 15) is 4.79 Å². The fourth-order valence-corrected chi connectivity index (χ4v) is 3.13. The number of hydrogen-bond acceptors (Lipinski definition) is 2. The first-order valence-corrected chi connectivity index (χ1v) is 7.38. The Hall–Kier alpha value is -1.17. The number of aryl methyl sites for hydroxylation is 1. The van der Waals surface area contributed by atoms with Gasteiger partial charge in [-0.25, -0.2) is 0 Å². The zero-order valence-electron chi connectivity index (χ0n) is 10.6. The van der Waals surface area contributed by atoms with Gasteiger partial charge in [0.2, 0.25) is 0 Å². The van der Waals surface area contributed by atoms with Crippen LogP contribution in [0, 0.1) is 0 Å². The van der Waals surface area contributed by atoms with Gasteiger partial charge in [-0.2, -0.15) is 0 Å². The van der Waals surface area contributed by atoms with Gasteiger partial charge in [-0.15, -0.1) is 0 Å². The molecule has 4 nitrogen and oxygen atoms in total. The number of carbonyl (C=O) groups is 1. The number of halogens is 3. The molecule has 0 saturated heterocycles. The van der Waals surface area contributed by atoms with Gasteiger partial charge in [0.15, 0.2) is 0 Å². The zero-order chi connectivity index (χ0) is 14.9. The molecule has 0 radical (unpaired) electrons. The molecule has 0 aliphatic rings. The maximum atomic E-state index is 12.3. The maximum absolute atomic E-state index is 12.3. The van der Waals surface area contributed by atoms with Crippen molar-refractivity contribution in [1.29, 1.82) is 0 Å². The molecule has 106 valence electrons. The van der Waals surface area contributed by atoms with Crippen LogP contribution in [-0.4, -0.2) is 10.5 Å². The van der Waals surface area contributed by atoms with E-state index in [2.05, 4.69) is 21.2 Å². The predicted molar refractivity (Wildman–Crippen MR) is 86.6 cm³/mol. The highest BCUT2D eigenvalue weighted by Crippen LogP contribution is 2.34. The minimum atomic E-state index is -0.310. The lowest BCUT2D eigenvalue weighted by Gasteiger charge is -2.11. The Labute approximate surface area is 135 Å². The molecule has 0 unspecified atom stereocenters. The molecule has 1 aromatic heterocycles. The van der Waals surface area contributed by atoms with Crippen molar-refractivity contribution < 1.29 is 4.79 Å². The number of aromatic nitrogens is 1. The van der Waals surface area contributed by atoms with Crippen LogP contribution in [0.5, 0.6) is 0 Å². The van der Waals surface area contributed by atoms with Crippen LogP contribution in [0.3, 0.4) is 0 Å². The molecule has 0 fully saturated rings.